The van der Waals surface area contributed by atoms with E-state index >= 15 is 0 Å². The molecule has 0 aliphatic carbocycles. The summed E-state index contributed by atoms with van der Waals surface area (Å²) < 4.78 is 1.61. The fourth-order valence-electron chi connectivity index (χ4n) is 1.35. The van der Waals surface area contributed by atoms with E-state index in [0.717, 1.165) is 0 Å². The van der Waals surface area contributed by atoms with Crippen LogP contribution in [0.15, 0.2) is 12.4 Å². The zero-order valence-corrected chi connectivity index (χ0v) is 9.68. The standard InChI is InChI=1S/C10H18N4O2/c1-10(2,4-8-15)12-9(16)3-6-14-7-5-11-13-14/h5,7,15H,3-4,6,8H2,1-2H3,(H,12,16). The Balaban J connectivity index is 2.30. The third-order valence-corrected chi connectivity index (χ3v) is 2.25. The summed E-state index contributed by atoms with van der Waals surface area (Å²) in [5.41, 5.74) is -0.367. The minimum Gasteiger partial charge on any atom is -0.396 e. The van der Waals surface area contributed by atoms with E-state index in [4.69, 9.17) is 5.11 Å². The first kappa shape index (κ1) is 12.6. The van der Waals surface area contributed by atoms with Crippen molar-refractivity contribution in [3.05, 3.63) is 12.4 Å². The maximum absolute atomic E-state index is 11.6. The van der Waals surface area contributed by atoms with Crippen LogP contribution in [0, 0.1) is 0 Å². The molecule has 6 nitrogen and oxygen atoms in total. The highest BCUT2D eigenvalue weighted by Crippen LogP contribution is 2.07. The van der Waals surface area contributed by atoms with Crippen LogP contribution in [0.1, 0.15) is 26.7 Å². The molecule has 0 saturated heterocycles. The van der Waals surface area contributed by atoms with Crippen LogP contribution in [-0.4, -0.2) is 38.2 Å². The molecule has 0 aliphatic rings. The van der Waals surface area contributed by atoms with Gasteiger partial charge in [-0.3, -0.25) is 9.48 Å². The number of nitrogens with one attached hydrogen (secondary N) is 1. The highest BCUT2D eigenvalue weighted by Gasteiger charge is 2.19. The molecule has 1 aromatic rings. The summed E-state index contributed by atoms with van der Waals surface area (Å²) in [6, 6.07) is 0. The Hall–Kier alpha value is -1.43. The Morgan fingerprint density at radius 1 is 1.56 bits per heavy atom. The molecular weight excluding hydrogens is 208 g/mol. The minimum atomic E-state index is -0.367. The van der Waals surface area contributed by atoms with Gasteiger partial charge < -0.3 is 10.4 Å². The maximum Gasteiger partial charge on any atom is 0.222 e. The normalized spacial score (nSPS) is 11.4. The Morgan fingerprint density at radius 2 is 2.31 bits per heavy atom. The van der Waals surface area contributed by atoms with Gasteiger partial charge in [0.25, 0.3) is 0 Å². The average Bonchev–Trinajstić information content (AvgIpc) is 2.66. The van der Waals surface area contributed by atoms with Crippen molar-refractivity contribution in [2.45, 2.75) is 38.8 Å². The van der Waals surface area contributed by atoms with Crippen molar-refractivity contribution >= 4 is 5.91 Å². The van der Waals surface area contributed by atoms with Crippen molar-refractivity contribution in [3.8, 4) is 0 Å². The van der Waals surface area contributed by atoms with Gasteiger partial charge in [0.1, 0.15) is 0 Å². The summed E-state index contributed by atoms with van der Waals surface area (Å²) in [6.45, 7) is 4.35. The van der Waals surface area contributed by atoms with Gasteiger partial charge in [0.2, 0.25) is 5.91 Å². The summed E-state index contributed by atoms with van der Waals surface area (Å²) in [7, 11) is 0. The fraction of sp³-hybridized carbons (Fsp3) is 0.700. The number of aliphatic hydroxyl groups is 1. The highest BCUT2D eigenvalue weighted by molar-refractivity contribution is 5.76. The number of aliphatic hydroxyl groups excluding tert-OH is 1. The van der Waals surface area contributed by atoms with E-state index in [1.807, 2.05) is 13.8 Å². The van der Waals surface area contributed by atoms with Crippen molar-refractivity contribution in [2.24, 2.45) is 0 Å². The molecule has 2 N–H and O–H groups in total. The van der Waals surface area contributed by atoms with E-state index in [1.54, 1.807) is 17.1 Å². The predicted molar refractivity (Wildman–Crippen MR) is 58.6 cm³/mol. The molecular formula is C10H18N4O2. The fourth-order valence-corrected chi connectivity index (χ4v) is 1.35. The van der Waals surface area contributed by atoms with Gasteiger partial charge >= 0.3 is 0 Å². The van der Waals surface area contributed by atoms with Crippen LogP contribution in [0.2, 0.25) is 0 Å². The Labute approximate surface area is 94.7 Å². The quantitative estimate of drug-likeness (QED) is 0.712. The molecule has 0 aliphatic heterocycles. The molecule has 1 aromatic heterocycles. The molecule has 0 fully saturated rings. The summed E-state index contributed by atoms with van der Waals surface area (Å²) in [6.07, 6.45) is 4.19. The molecule has 0 unspecified atom stereocenters. The number of hydrogen-bond acceptors (Lipinski definition) is 4. The molecule has 1 amide bonds. The molecule has 0 bridgehead atoms. The first-order valence-electron chi connectivity index (χ1n) is 5.29. The molecule has 1 rings (SSSR count). The Bertz CT molecular complexity index is 322. The topological polar surface area (TPSA) is 80.0 Å². The van der Waals surface area contributed by atoms with Crippen LogP contribution in [0.25, 0.3) is 0 Å². The highest BCUT2D eigenvalue weighted by atomic mass is 16.3. The van der Waals surface area contributed by atoms with E-state index in [-0.39, 0.29) is 18.1 Å². The minimum absolute atomic E-state index is 0.0473. The number of rotatable bonds is 6. The van der Waals surface area contributed by atoms with Crippen molar-refractivity contribution in [1.82, 2.24) is 20.3 Å². The molecule has 16 heavy (non-hydrogen) atoms. The van der Waals surface area contributed by atoms with Crippen molar-refractivity contribution < 1.29 is 9.90 Å². The van der Waals surface area contributed by atoms with Gasteiger partial charge in [0.15, 0.2) is 0 Å². The predicted octanol–water partition coefficient (Wildman–Crippen LogP) is -0.0546. The van der Waals surface area contributed by atoms with Crippen molar-refractivity contribution in [2.75, 3.05) is 6.61 Å². The van der Waals surface area contributed by atoms with Crippen molar-refractivity contribution in [1.29, 1.82) is 0 Å². The smallest absolute Gasteiger partial charge is 0.222 e. The average molecular weight is 226 g/mol. The third kappa shape index (κ3) is 4.39. The van der Waals surface area contributed by atoms with Gasteiger partial charge in [0.05, 0.1) is 12.7 Å². The number of aromatic nitrogens is 3. The number of nitrogens with zero attached hydrogens (tertiary/aromatic N) is 3. The number of hydrogen-bond donors (Lipinski definition) is 2. The lowest BCUT2D eigenvalue weighted by atomic mass is 10.0. The van der Waals surface area contributed by atoms with Crippen LogP contribution in [-0.2, 0) is 11.3 Å². The van der Waals surface area contributed by atoms with Crippen LogP contribution in [0.3, 0.4) is 0 Å². The van der Waals surface area contributed by atoms with E-state index in [1.165, 1.54) is 0 Å². The van der Waals surface area contributed by atoms with Gasteiger partial charge in [-0.05, 0) is 20.3 Å². The summed E-state index contributed by atoms with van der Waals surface area (Å²) in [5, 5.41) is 19.1. The van der Waals surface area contributed by atoms with Crippen molar-refractivity contribution in [3.63, 3.8) is 0 Å². The molecule has 0 atom stereocenters. The molecule has 1 heterocycles. The lowest BCUT2D eigenvalue weighted by Crippen LogP contribution is -2.44. The molecule has 6 heteroatoms. The van der Waals surface area contributed by atoms with Crippen LogP contribution in [0.5, 0.6) is 0 Å². The summed E-state index contributed by atoms with van der Waals surface area (Å²) >= 11 is 0. The Kier molecular flexibility index (Phi) is 4.42. The third-order valence-electron chi connectivity index (χ3n) is 2.25. The maximum atomic E-state index is 11.6. The lowest BCUT2D eigenvalue weighted by Gasteiger charge is -2.25. The van der Waals surface area contributed by atoms with Gasteiger partial charge in [-0.1, -0.05) is 5.21 Å². The molecule has 0 radical (unpaired) electrons. The first-order valence-corrected chi connectivity index (χ1v) is 5.29. The molecule has 0 aromatic carbocycles. The van der Waals surface area contributed by atoms with Crippen LogP contribution in [0.4, 0.5) is 0 Å². The lowest BCUT2D eigenvalue weighted by molar-refractivity contribution is -0.123. The number of amides is 1. The van der Waals surface area contributed by atoms with Gasteiger partial charge in [-0.25, -0.2) is 0 Å². The second-order valence-electron chi connectivity index (χ2n) is 4.32. The molecule has 0 saturated carbocycles. The van der Waals surface area contributed by atoms with Gasteiger partial charge in [-0.2, -0.15) is 0 Å². The van der Waals surface area contributed by atoms with E-state index in [0.29, 0.717) is 19.4 Å². The second kappa shape index (κ2) is 5.60. The monoisotopic (exact) mass is 226 g/mol. The SMILES string of the molecule is CC(C)(CCO)NC(=O)CCn1ccnn1. The van der Waals surface area contributed by atoms with E-state index in [2.05, 4.69) is 15.6 Å². The molecule has 90 valence electrons. The molecule has 0 spiro atoms. The van der Waals surface area contributed by atoms with Gasteiger partial charge in [0, 0.05) is 24.8 Å². The summed E-state index contributed by atoms with van der Waals surface area (Å²) in [4.78, 5) is 11.6. The Morgan fingerprint density at radius 3 is 2.88 bits per heavy atom. The number of carbonyl (C=O) groups excluding carboxylic acids is 1. The van der Waals surface area contributed by atoms with Gasteiger partial charge in [-0.15, -0.1) is 5.10 Å². The number of carbonyl (C=O) groups is 1. The first-order chi connectivity index (χ1) is 7.53. The largest absolute Gasteiger partial charge is 0.396 e. The second-order valence-corrected chi connectivity index (χ2v) is 4.32. The van der Waals surface area contributed by atoms with Crippen LogP contribution >= 0.6 is 0 Å². The zero-order valence-electron chi connectivity index (χ0n) is 9.68. The number of aryl methyl sites for hydroxylation is 1. The summed E-state index contributed by atoms with van der Waals surface area (Å²) in [5.74, 6) is -0.0473. The van der Waals surface area contributed by atoms with Crippen LogP contribution < -0.4 is 5.32 Å². The van der Waals surface area contributed by atoms with E-state index < -0.39 is 0 Å². The van der Waals surface area contributed by atoms with E-state index in [9.17, 15) is 4.79 Å². The zero-order chi connectivity index (χ0) is 12.0.